The molecule has 1 N–H and O–H groups in total. The van der Waals surface area contributed by atoms with Crippen molar-refractivity contribution in [3.05, 3.63) is 101 Å². The van der Waals surface area contributed by atoms with Crippen LogP contribution in [0, 0.1) is 17.1 Å². The van der Waals surface area contributed by atoms with Crippen molar-refractivity contribution in [2.24, 2.45) is 0 Å². The quantitative estimate of drug-likeness (QED) is 0.492. The van der Waals surface area contributed by atoms with Gasteiger partial charge in [-0.3, -0.25) is 4.79 Å². The number of nitrogens with one attached hydrogen (secondary N) is 1. The molecule has 0 aliphatic heterocycles. The number of nitrogens with zero attached hydrogens (tertiary/aromatic N) is 1. The molecule has 0 saturated carbocycles. The molecular formula is C23H17FN2O2. The van der Waals surface area contributed by atoms with Crippen molar-refractivity contribution in [3.63, 3.8) is 0 Å². The smallest absolute Gasteiger partial charge is 0.266 e. The van der Waals surface area contributed by atoms with Crippen LogP contribution in [0.2, 0.25) is 0 Å². The number of halogens is 1. The van der Waals surface area contributed by atoms with Crippen molar-refractivity contribution in [1.82, 2.24) is 0 Å². The summed E-state index contributed by atoms with van der Waals surface area (Å²) in [6.45, 7) is 0.116. The van der Waals surface area contributed by atoms with E-state index in [2.05, 4.69) is 5.32 Å². The molecule has 3 aromatic rings. The van der Waals surface area contributed by atoms with E-state index >= 15 is 0 Å². The molecule has 0 heterocycles. The van der Waals surface area contributed by atoms with Crippen LogP contribution in [0.1, 0.15) is 11.1 Å². The number of hydrogen-bond acceptors (Lipinski definition) is 3. The lowest BCUT2D eigenvalue weighted by molar-refractivity contribution is -0.112. The van der Waals surface area contributed by atoms with Gasteiger partial charge in [-0.15, -0.1) is 0 Å². The van der Waals surface area contributed by atoms with Crippen LogP contribution in [0.3, 0.4) is 0 Å². The first-order chi connectivity index (χ1) is 13.7. The Balaban J connectivity index is 1.65. The molecule has 0 radical (unpaired) electrons. The van der Waals surface area contributed by atoms with E-state index in [9.17, 15) is 14.4 Å². The number of ether oxygens (including phenoxy) is 1. The van der Waals surface area contributed by atoms with E-state index in [1.165, 1.54) is 12.1 Å². The summed E-state index contributed by atoms with van der Waals surface area (Å²) in [5.41, 5.74) is 1.75. The summed E-state index contributed by atoms with van der Waals surface area (Å²) in [6, 6.07) is 24.1. The second-order valence-corrected chi connectivity index (χ2v) is 5.94. The van der Waals surface area contributed by atoms with Gasteiger partial charge in [0.1, 0.15) is 29.8 Å². The van der Waals surface area contributed by atoms with Gasteiger partial charge in [0.15, 0.2) is 0 Å². The molecule has 0 aromatic heterocycles. The van der Waals surface area contributed by atoms with Crippen LogP contribution in [0.15, 0.2) is 84.4 Å². The van der Waals surface area contributed by atoms with Gasteiger partial charge in [-0.2, -0.15) is 5.26 Å². The number of anilines is 1. The van der Waals surface area contributed by atoms with E-state index in [0.717, 1.165) is 0 Å². The number of benzene rings is 3. The standard InChI is InChI=1S/C23H17FN2O2/c24-22-9-5-4-6-18(22)16-28-21-12-10-17(11-13-21)14-19(15-25)23(27)26-20-7-2-1-3-8-20/h1-14H,16H2,(H,26,27)/b19-14-. The maximum Gasteiger partial charge on any atom is 0.266 e. The minimum Gasteiger partial charge on any atom is -0.489 e. The Morgan fingerprint density at radius 1 is 1.00 bits per heavy atom. The molecule has 0 fully saturated rings. The number of rotatable bonds is 6. The molecule has 4 nitrogen and oxygen atoms in total. The predicted molar refractivity (Wildman–Crippen MR) is 106 cm³/mol. The zero-order valence-corrected chi connectivity index (χ0v) is 14.9. The fourth-order valence-electron chi connectivity index (χ4n) is 2.47. The van der Waals surface area contributed by atoms with Crippen LogP contribution in [0.25, 0.3) is 6.08 Å². The molecule has 0 unspecified atom stereocenters. The first kappa shape index (κ1) is 18.9. The summed E-state index contributed by atoms with van der Waals surface area (Å²) in [4.78, 5) is 12.2. The fourth-order valence-corrected chi connectivity index (χ4v) is 2.47. The Morgan fingerprint density at radius 3 is 2.36 bits per heavy atom. The lowest BCUT2D eigenvalue weighted by Gasteiger charge is -2.07. The van der Waals surface area contributed by atoms with Gasteiger partial charge in [-0.25, -0.2) is 4.39 Å². The highest BCUT2D eigenvalue weighted by Gasteiger charge is 2.09. The van der Waals surface area contributed by atoms with Gasteiger partial charge in [-0.05, 0) is 42.0 Å². The van der Waals surface area contributed by atoms with Gasteiger partial charge in [0.05, 0.1) is 0 Å². The Kier molecular flexibility index (Phi) is 6.17. The summed E-state index contributed by atoms with van der Waals surface area (Å²) in [5.74, 6) is -0.230. The van der Waals surface area contributed by atoms with Gasteiger partial charge in [-0.1, -0.05) is 48.5 Å². The Hall–Kier alpha value is -3.91. The van der Waals surface area contributed by atoms with Crippen LogP contribution >= 0.6 is 0 Å². The molecule has 5 heteroatoms. The molecule has 1 amide bonds. The minimum absolute atomic E-state index is 0.0103. The molecule has 0 saturated heterocycles. The third kappa shape index (κ3) is 5.05. The van der Waals surface area contributed by atoms with Gasteiger partial charge in [0.25, 0.3) is 5.91 Å². The largest absolute Gasteiger partial charge is 0.489 e. The molecule has 0 aliphatic carbocycles. The molecule has 0 atom stereocenters. The van der Waals surface area contributed by atoms with E-state index in [1.54, 1.807) is 66.7 Å². The van der Waals surface area contributed by atoms with Crippen LogP contribution < -0.4 is 10.1 Å². The first-order valence-electron chi connectivity index (χ1n) is 8.60. The van der Waals surface area contributed by atoms with E-state index in [4.69, 9.17) is 4.74 Å². The molecule has 3 rings (SSSR count). The van der Waals surface area contributed by atoms with Crippen LogP contribution in [-0.2, 0) is 11.4 Å². The maximum atomic E-state index is 13.6. The maximum absolute atomic E-state index is 13.6. The fraction of sp³-hybridized carbons (Fsp3) is 0.0435. The highest BCUT2D eigenvalue weighted by molar-refractivity contribution is 6.09. The normalized spacial score (nSPS) is 10.8. The van der Waals surface area contributed by atoms with E-state index in [0.29, 0.717) is 22.6 Å². The highest BCUT2D eigenvalue weighted by atomic mass is 19.1. The monoisotopic (exact) mass is 372 g/mol. The average Bonchev–Trinajstić information content (AvgIpc) is 2.73. The van der Waals surface area contributed by atoms with Gasteiger partial charge in [0, 0.05) is 11.3 Å². The molecule has 138 valence electrons. The van der Waals surface area contributed by atoms with Crippen molar-refractivity contribution in [2.75, 3.05) is 5.32 Å². The SMILES string of the molecule is N#C/C(=C/c1ccc(OCc2ccccc2F)cc1)C(=O)Nc1ccccc1. The van der Waals surface area contributed by atoms with Gasteiger partial charge in [0.2, 0.25) is 0 Å². The number of carbonyl (C=O) groups excluding carboxylic acids is 1. The Bertz CT molecular complexity index is 1020. The number of hydrogen-bond donors (Lipinski definition) is 1. The molecule has 3 aromatic carbocycles. The van der Waals surface area contributed by atoms with Crippen molar-refractivity contribution >= 4 is 17.7 Å². The average molecular weight is 372 g/mol. The molecule has 0 bridgehead atoms. The molecule has 0 spiro atoms. The van der Waals surface area contributed by atoms with E-state index in [-0.39, 0.29) is 18.0 Å². The molecule has 0 aliphatic rings. The number of carbonyl (C=O) groups is 1. The zero-order valence-electron chi connectivity index (χ0n) is 14.9. The summed E-state index contributed by atoms with van der Waals surface area (Å²) in [5, 5.41) is 12.0. The number of para-hydroxylation sites is 1. The topological polar surface area (TPSA) is 62.1 Å². The zero-order chi connectivity index (χ0) is 19.8. The summed E-state index contributed by atoms with van der Waals surface area (Å²) in [6.07, 6.45) is 1.50. The van der Waals surface area contributed by atoms with Crippen molar-refractivity contribution in [2.45, 2.75) is 6.61 Å². The third-order valence-electron chi connectivity index (χ3n) is 3.94. The lowest BCUT2D eigenvalue weighted by atomic mass is 10.1. The highest BCUT2D eigenvalue weighted by Crippen LogP contribution is 2.17. The van der Waals surface area contributed by atoms with Crippen molar-refractivity contribution in [1.29, 1.82) is 5.26 Å². The molecule has 28 heavy (non-hydrogen) atoms. The molecular weight excluding hydrogens is 355 g/mol. The second kappa shape index (κ2) is 9.15. The summed E-state index contributed by atoms with van der Waals surface area (Å²) < 4.78 is 19.2. The van der Waals surface area contributed by atoms with E-state index in [1.807, 2.05) is 12.1 Å². The third-order valence-corrected chi connectivity index (χ3v) is 3.94. The van der Waals surface area contributed by atoms with Crippen molar-refractivity contribution in [3.8, 4) is 11.8 Å². The minimum atomic E-state index is -0.478. The summed E-state index contributed by atoms with van der Waals surface area (Å²) in [7, 11) is 0. The van der Waals surface area contributed by atoms with E-state index < -0.39 is 5.91 Å². The first-order valence-corrected chi connectivity index (χ1v) is 8.60. The van der Waals surface area contributed by atoms with Crippen LogP contribution in [0.5, 0.6) is 5.75 Å². The van der Waals surface area contributed by atoms with Gasteiger partial charge >= 0.3 is 0 Å². The summed E-state index contributed by atoms with van der Waals surface area (Å²) >= 11 is 0. The van der Waals surface area contributed by atoms with Crippen LogP contribution in [0.4, 0.5) is 10.1 Å². The number of amides is 1. The lowest BCUT2D eigenvalue weighted by Crippen LogP contribution is -2.13. The van der Waals surface area contributed by atoms with Crippen LogP contribution in [-0.4, -0.2) is 5.91 Å². The second-order valence-electron chi connectivity index (χ2n) is 5.94. The predicted octanol–water partition coefficient (Wildman–Crippen LogP) is 4.95. The number of nitriles is 1. The Morgan fingerprint density at radius 2 is 1.68 bits per heavy atom. The Labute approximate surface area is 162 Å². The van der Waals surface area contributed by atoms with Crippen molar-refractivity contribution < 1.29 is 13.9 Å². The van der Waals surface area contributed by atoms with Gasteiger partial charge < -0.3 is 10.1 Å².